The highest BCUT2D eigenvalue weighted by Gasteiger charge is 2.21. The molecule has 0 radical (unpaired) electrons. The largest absolute Gasteiger partial charge is 0.396 e. The van der Waals surface area contributed by atoms with E-state index in [9.17, 15) is 4.79 Å². The maximum atomic E-state index is 11.8. The summed E-state index contributed by atoms with van der Waals surface area (Å²) in [5.74, 6) is 0.746. The lowest BCUT2D eigenvalue weighted by Crippen LogP contribution is -2.20. The summed E-state index contributed by atoms with van der Waals surface area (Å²) in [5, 5.41) is 18.8. The summed E-state index contributed by atoms with van der Waals surface area (Å²) in [5.41, 5.74) is 6.31. The van der Waals surface area contributed by atoms with Crippen molar-refractivity contribution in [1.29, 1.82) is 5.26 Å². The molecule has 2 aromatic heterocycles. The molecular weight excluding hydrogens is 292 g/mol. The quantitative estimate of drug-likeness (QED) is 0.748. The van der Waals surface area contributed by atoms with Crippen molar-refractivity contribution in [2.45, 2.75) is 13.3 Å². The normalized spacial score (nSPS) is 10.1. The molecule has 0 bridgehead atoms. The Morgan fingerprint density at radius 1 is 1.57 bits per heavy atom. The lowest BCUT2D eigenvalue weighted by molar-refractivity contribution is 0.0965. The predicted octanol–water partition coefficient (Wildman–Crippen LogP) is 0.908. The zero-order chi connectivity index (χ0) is 15.4. The van der Waals surface area contributed by atoms with Crippen LogP contribution in [0.4, 0.5) is 10.7 Å². The van der Waals surface area contributed by atoms with Gasteiger partial charge in [0.25, 0.3) is 5.91 Å². The molecular formula is C12H14N6O2S. The molecule has 110 valence electrons. The van der Waals surface area contributed by atoms with Crippen LogP contribution in [0.5, 0.6) is 0 Å². The Morgan fingerprint density at radius 3 is 2.90 bits per heavy atom. The third-order valence-electron chi connectivity index (χ3n) is 2.69. The molecule has 0 atom stereocenters. The van der Waals surface area contributed by atoms with E-state index in [-0.39, 0.29) is 11.6 Å². The van der Waals surface area contributed by atoms with Crippen molar-refractivity contribution in [3.05, 3.63) is 22.2 Å². The first kappa shape index (κ1) is 14.8. The van der Waals surface area contributed by atoms with Crippen LogP contribution >= 0.6 is 11.3 Å². The van der Waals surface area contributed by atoms with Gasteiger partial charge in [-0.3, -0.25) is 4.79 Å². The van der Waals surface area contributed by atoms with Crippen LogP contribution < -0.4 is 16.4 Å². The first-order valence-corrected chi connectivity index (χ1v) is 6.96. The fourth-order valence-corrected chi connectivity index (χ4v) is 2.67. The number of nitriles is 1. The number of thiophene rings is 1. The van der Waals surface area contributed by atoms with Crippen molar-refractivity contribution in [2.75, 3.05) is 24.6 Å². The molecule has 0 saturated carbocycles. The molecule has 9 heteroatoms. The highest BCUT2D eigenvalue weighted by molar-refractivity contribution is 7.17. The topological polar surface area (TPSA) is 130 Å². The van der Waals surface area contributed by atoms with Gasteiger partial charge in [-0.1, -0.05) is 5.16 Å². The fraction of sp³-hybridized carbons (Fsp3) is 0.333. The predicted molar refractivity (Wildman–Crippen MR) is 78.1 cm³/mol. The zero-order valence-corrected chi connectivity index (χ0v) is 12.4. The number of carbonyl (C=O) groups is 1. The van der Waals surface area contributed by atoms with Crippen LogP contribution in [0.3, 0.4) is 0 Å². The van der Waals surface area contributed by atoms with Gasteiger partial charge in [0.15, 0.2) is 5.82 Å². The number of rotatable bonds is 5. The van der Waals surface area contributed by atoms with Crippen LogP contribution in [0, 0.1) is 18.3 Å². The molecule has 0 aliphatic carbocycles. The van der Waals surface area contributed by atoms with Crippen LogP contribution in [-0.2, 0) is 6.42 Å². The summed E-state index contributed by atoms with van der Waals surface area (Å²) < 4.78 is 5.00. The Hall–Kier alpha value is -2.60. The van der Waals surface area contributed by atoms with Gasteiger partial charge in [-0.25, -0.2) is 0 Å². The number of hydrogen-bond acceptors (Lipinski definition) is 8. The second kappa shape index (κ2) is 6.23. The minimum Gasteiger partial charge on any atom is -0.396 e. The van der Waals surface area contributed by atoms with E-state index in [0.717, 1.165) is 11.3 Å². The second-order valence-electron chi connectivity index (χ2n) is 4.15. The van der Waals surface area contributed by atoms with Crippen LogP contribution in [-0.4, -0.2) is 29.6 Å². The molecule has 2 aromatic rings. The Labute approximate surface area is 124 Å². The lowest BCUT2D eigenvalue weighted by atomic mass is 10.2. The molecule has 0 aliphatic rings. The van der Waals surface area contributed by atoms with Gasteiger partial charge >= 0.3 is 0 Å². The third kappa shape index (κ3) is 3.11. The van der Waals surface area contributed by atoms with Crippen molar-refractivity contribution in [1.82, 2.24) is 15.5 Å². The average molecular weight is 306 g/mol. The van der Waals surface area contributed by atoms with Gasteiger partial charge in [0.2, 0.25) is 5.89 Å². The summed E-state index contributed by atoms with van der Waals surface area (Å²) in [6, 6.07) is 1.98. The van der Waals surface area contributed by atoms with Crippen LogP contribution in [0.25, 0.3) is 0 Å². The molecule has 8 nitrogen and oxygen atoms in total. The molecule has 0 aromatic carbocycles. The summed E-state index contributed by atoms with van der Waals surface area (Å²) in [4.78, 5) is 16.2. The van der Waals surface area contributed by atoms with Crippen molar-refractivity contribution in [3.63, 3.8) is 0 Å². The van der Waals surface area contributed by atoms with E-state index in [4.69, 9.17) is 15.5 Å². The number of anilines is 2. The van der Waals surface area contributed by atoms with Crippen molar-refractivity contribution in [3.8, 4) is 6.07 Å². The third-order valence-corrected chi connectivity index (χ3v) is 3.76. The van der Waals surface area contributed by atoms with E-state index in [2.05, 4.69) is 20.8 Å². The smallest absolute Gasteiger partial charge is 0.256 e. The Morgan fingerprint density at radius 2 is 2.33 bits per heavy atom. The summed E-state index contributed by atoms with van der Waals surface area (Å²) in [6.07, 6.45) is 0.508. The van der Waals surface area contributed by atoms with E-state index in [1.165, 1.54) is 7.05 Å². The number of aromatic nitrogens is 2. The number of nitrogens with zero attached hydrogens (tertiary/aromatic N) is 3. The molecule has 4 N–H and O–H groups in total. The average Bonchev–Trinajstić information content (AvgIpc) is 3.02. The molecule has 0 spiro atoms. The number of nitrogen functional groups attached to an aromatic ring is 1. The van der Waals surface area contributed by atoms with Gasteiger partial charge in [0.1, 0.15) is 15.9 Å². The molecule has 21 heavy (non-hydrogen) atoms. The summed E-state index contributed by atoms with van der Waals surface area (Å²) >= 11 is 1.15. The maximum Gasteiger partial charge on any atom is 0.256 e. The van der Waals surface area contributed by atoms with Crippen LogP contribution in [0.1, 0.15) is 27.0 Å². The first-order valence-electron chi connectivity index (χ1n) is 6.14. The Bertz CT molecular complexity index is 699. The summed E-state index contributed by atoms with van der Waals surface area (Å²) in [6.45, 7) is 2.22. The molecule has 0 unspecified atom stereocenters. The minimum absolute atomic E-state index is 0.193. The van der Waals surface area contributed by atoms with Crippen molar-refractivity contribution < 1.29 is 9.32 Å². The number of hydrogen-bond donors (Lipinski definition) is 3. The van der Waals surface area contributed by atoms with E-state index in [1.54, 1.807) is 6.92 Å². The monoisotopic (exact) mass is 306 g/mol. The van der Waals surface area contributed by atoms with Crippen LogP contribution in [0.15, 0.2) is 4.52 Å². The standard InChI is InChI=1S/C12H14N6O2S/c1-6-17-8(20-18-6)3-4-16-12-9(11(19)15-2)10(14)7(5-13)21-12/h16H,3-4,14H2,1-2H3,(H,15,19). The maximum absolute atomic E-state index is 11.8. The molecule has 0 fully saturated rings. The van der Waals surface area contributed by atoms with E-state index >= 15 is 0 Å². The highest BCUT2D eigenvalue weighted by atomic mass is 32.1. The second-order valence-corrected chi connectivity index (χ2v) is 5.17. The molecule has 0 saturated heterocycles. The van der Waals surface area contributed by atoms with Crippen molar-refractivity contribution in [2.24, 2.45) is 0 Å². The first-order chi connectivity index (χ1) is 10.1. The molecule has 2 rings (SSSR count). The number of nitrogens with two attached hydrogens (primary N) is 1. The number of amides is 1. The van der Waals surface area contributed by atoms with Crippen LogP contribution in [0.2, 0.25) is 0 Å². The number of aryl methyl sites for hydroxylation is 1. The summed E-state index contributed by atoms with van der Waals surface area (Å²) in [7, 11) is 1.51. The number of carbonyl (C=O) groups excluding carboxylic acids is 1. The Kier molecular flexibility index (Phi) is 4.39. The van der Waals surface area contributed by atoms with Gasteiger partial charge in [0, 0.05) is 20.0 Å². The lowest BCUT2D eigenvalue weighted by Gasteiger charge is -2.05. The van der Waals surface area contributed by atoms with E-state index in [0.29, 0.717) is 40.1 Å². The zero-order valence-electron chi connectivity index (χ0n) is 11.6. The molecule has 2 heterocycles. The highest BCUT2D eigenvalue weighted by Crippen LogP contribution is 2.35. The van der Waals surface area contributed by atoms with Gasteiger partial charge in [0.05, 0.1) is 11.3 Å². The Balaban J connectivity index is 2.12. The minimum atomic E-state index is -0.332. The van der Waals surface area contributed by atoms with Gasteiger partial charge in [-0.15, -0.1) is 11.3 Å². The van der Waals surface area contributed by atoms with E-state index in [1.807, 2.05) is 6.07 Å². The van der Waals surface area contributed by atoms with Crippen molar-refractivity contribution >= 4 is 27.9 Å². The number of nitrogens with one attached hydrogen (secondary N) is 2. The van der Waals surface area contributed by atoms with Gasteiger partial charge in [-0.05, 0) is 6.92 Å². The fourth-order valence-electron chi connectivity index (χ4n) is 1.73. The van der Waals surface area contributed by atoms with E-state index < -0.39 is 0 Å². The SMILES string of the molecule is CNC(=O)c1c(NCCc2nc(C)no2)sc(C#N)c1N. The van der Waals surface area contributed by atoms with Gasteiger partial charge in [-0.2, -0.15) is 10.2 Å². The van der Waals surface area contributed by atoms with Gasteiger partial charge < -0.3 is 20.9 Å². The molecule has 0 aliphatic heterocycles. The molecule has 1 amide bonds.